The number of aromatic hydroxyl groups is 1. The van der Waals surface area contributed by atoms with Crippen molar-refractivity contribution in [2.24, 2.45) is 0 Å². The van der Waals surface area contributed by atoms with Crippen LogP contribution in [-0.2, 0) is 0 Å². The van der Waals surface area contributed by atoms with Gasteiger partial charge in [0, 0.05) is 31.4 Å². The minimum Gasteiger partial charge on any atom is -0.506 e. The summed E-state index contributed by atoms with van der Waals surface area (Å²) in [5, 5.41) is 12.9. The molecule has 2 N–H and O–H groups in total. The second-order valence-corrected chi connectivity index (χ2v) is 4.96. The van der Waals surface area contributed by atoms with Gasteiger partial charge in [0.25, 0.3) is 5.91 Å². The second kappa shape index (κ2) is 6.02. The van der Waals surface area contributed by atoms with Gasteiger partial charge in [-0.3, -0.25) is 9.78 Å². The number of aromatic nitrogens is 1. The third-order valence-corrected chi connectivity index (χ3v) is 3.70. The van der Waals surface area contributed by atoms with Crippen LogP contribution in [0.15, 0.2) is 18.5 Å². The topological polar surface area (TPSA) is 65.5 Å². The normalized spacial score (nSPS) is 23.4. The molecule has 5 nitrogen and oxygen atoms in total. The minimum absolute atomic E-state index is 0.0288. The molecule has 1 aromatic rings. The van der Waals surface area contributed by atoms with E-state index in [1.54, 1.807) is 0 Å². The lowest BCUT2D eigenvalue weighted by Gasteiger charge is -2.40. The first-order valence-corrected chi connectivity index (χ1v) is 6.84. The van der Waals surface area contributed by atoms with Crippen LogP contribution in [0.25, 0.3) is 0 Å². The average molecular weight is 263 g/mol. The molecule has 1 aliphatic heterocycles. The van der Waals surface area contributed by atoms with E-state index in [2.05, 4.69) is 24.1 Å². The molecule has 2 unspecified atom stereocenters. The van der Waals surface area contributed by atoms with E-state index in [9.17, 15) is 9.90 Å². The fraction of sp³-hybridized carbons (Fsp3) is 0.571. The molecule has 0 radical (unpaired) electrons. The van der Waals surface area contributed by atoms with Gasteiger partial charge in [0.1, 0.15) is 5.75 Å². The number of nitrogens with zero attached hydrogens (tertiary/aromatic N) is 2. The molecule has 1 amide bonds. The lowest BCUT2D eigenvalue weighted by atomic mass is 10.0. The van der Waals surface area contributed by atoms with Crippen molar-refractivity contribution in [3.8, 4) is 5.75 Å². The Labute approximate surface area is 113 Å². The Morgan fingerprint density at radius 1 is 1.47 bits per heavy atom. The zero-order valence-electron chi connectivity index (χ0n) is 11.5. The lowest BCUT2D eigenvalue weighted by molar-refractivity contribution is 0.0575. The second-order valence-electron chi connectivity index (χ2n) is 4.96. The highest BCUT2D eigenvalue weighted by Gasteiger charge is 2.30. The summed E-state index contributed by atoms with van der Waals surface area (Å²) >= 11 is 0. The Morgan fingerprint density at radius 3 is 2.89 bits per heavy atom. The third kappa shape index (κ3) is 3.04. The van der Waals surface area contributed by atoms with Crippen molar-refractivity contribution in [3.05, 3.63) is 24.0 Å². The summed E-state index contributed by atoms with van der Waals surface area (Å²) in [6.07, 6.45) is 4.76. The van der Waals surface area contributed by atoms with Crippen molar-refractivity contribution in [3.63, 3.8) is 0 Å². The van der Waals surface area contributed by atoms with Crippen LogP contribution < -0.4 is 5.32 Å². The van der Waals surface area contributed by atoms with Gasteiger partial charge in [-0.15, -0.1) is 0 Å². The maximum atomic E-state index is 12.5. The van der Waals surface area contributed by atoms with E-state index in [0.717, 1.165) is 19.4 Å². The van der Waals surface area contributed by atoms with Gasteiger partial charge in [-0.2, -0.15) is 0 Å². The van der Waals surface area contributed by atoms with E-state index in [4.69, 9.17) is 0 Å². The van der Waals surface area contributed by atoms with Crippen molar-refractivity contribution in [1.29, 1.82) is 0 Å². The van der Waals surface area contributed by atoms with Crippen LogP contribution in [0, 0.1) is 0 Å². The number of pyridine rings is 1. The molecule has 0 spiro atoms. The molecule has 0 aromatic carbocycles. The Hall–Kier alpha value is -1.62. The van der Waals surface area contributed by atoms with E-state index in [1.165, 1.54) is 18.5 Å². The van der Waals surface area contributed by atoms with Gasteiger partial charge in [0.2, 0.25) is 0 Å². The monoisotopic (exact) mass is 263 g/mol. The van der Waals surface area contributed by atoms with Crippen LogP contribution in [0.1, 0.15) is 37.0 Å². The Kier molecular flexibility index (Phi) is 4.37. The number of piperazine rings is 1. The molecular formula is C14H21N3O2. The van der Waals surface area contributed by atoms with Crippen molar-refractivity contribution < 1.29 is 9.90 Å². The van der Waals surface area contributed by atoms with E-state index in [1.807, 2.05) is 4.90 Å². The number of amides is 1. The highest BCUT2D eigenvalue weighted by Crippen LogP contribution is 2.17. The lowest BCUT2D eigenvalue weighted by Crippen LogP contribution is -2.57. The van der Waals surface area contributed by atoms with Crippen LogP contribution >= 0.6 is 0 Å². The predicted molar refractivity (Wildman–Crippen MR) is 73.1 cm³/mol. The Morgan fingerprint density at radius 2 is 2.26 bits per heavy atom. The first kappa shape index (κ1) is 13.8. The number of rotatable bonds is 3. The van der Waals surface area contributed by atoms with Crippen LogP contribution in [-0.4, -0.2) is 46.1 Å². The van der Waals surface area contributed by atoms with Gasteiger partial charge in [-0.1, -0.05) is 13.8 Å². The molecule has 0 saturated carbocycles. The summed E-state index contributed by atoms with van der Waals surface area (Å²) in [7, 11) is 0. The number of nitrogens with one attached hydrogen (secondary N) is 1. The zero-order chi connectivity index (χ0) is 13.8. The molecule has 1 aromatic heterocycles. The molecule has 104 valence electrons. The number of carbonyl (C=O) groups is 1. The van der Waals surface area contributed by atoms with Gasteiger partial charge in [-0.05, 0) is 18.9 Å². The van der Waals surface area contributed by atoms with E-state index < -0.39 is 0 Å². The molecule has 0 bridgehead atoms. The maximum Gasteiger partial charge on any atom is 0.255 e. The van der Waals surface area contributed by atoms with Crippen molar-refractivity contribution >= 4 is 5.91 Å². The van der Waals surface area contributed by atoms with Crippen molar-refractivity contribution in [1.82, 2.24) is 15.2 Å². The highest BCUT2D eigenvalue weighted by atomic mass is 16.3. The van der Waals surface area contributed by atoms with Gasteiger partial charge in [0.05, 0.1) is 11.8 Å². The fourth-order valence-electron chi connectivity index (χ4n) is 2.46. The molecular weight excluding hydrogens is 242 g/mol. The highest BCUT2D eigenvalue weighted by molar-refractivity contribution is 5.94. The summed E-state index contributed by atoms with van der Waals surface area (Å²) in [5.41, 5.74) is 0.454. The predicted octanol–water partition coefficient (Wildman–Crippen LogP) is 1.39. The molecule has 2 atom stereocenters. The van der Waals surface area contributed by atoms with Gasteiger partial charge < -0.3 is 15.3 Å². The number of carbonyl (C=O) groups excluding carboxylic acids is 1. The molecule has 1 aliphatic rings. The molecule has 2 rings (SSSR count). The van der Waals surface area contributed by atoms with Crippen LogP contribution in [0.5, 0.6) is 5.75 Å². The van der Waals surface area contributed by atoms with Crippen molar-refractivity contribution in [2.75, 3.05) is 13.1 Å². The SMILES string of the molecule is CCC1CN(C(=O)c2cncc(O)c2)C(CC)CN1. The van der Waals surface area contributed by atoms with Crippen LogP contribution in [0.4, 0.5) is 0 Å². The first-order chi connectivity index (χ1) is 9.15. The van der Waals surface area contributed by atoms with Gasteiger partial charge in [0.15, 0.2) is 0 Å². The number of hydrogen-bond acceptors (Lipinski definition) is 4. The molecule has 1 fully saturated rings. The summed E-state index contributed by atoms with van der Waals surface area (Å²) in [5.74, 6) is -0.0173. The summed E-state index contributed by atoms with van der Waals surface area (Å²) in [6, 6.07) is 2.03. The van der Waals surface area contributed by atoms with E-state index >= 15 is 0 Å². The largest absolute Gasteiger partial charge is 0.506 e. The minimum atomic E-state index is -0.0461. The molecule has 19 heavy (non-hydrogen) atoms. The zero-order valence-corrected chi connectivity index (χ0v) is 11.5. The van der Waals surface area contributed by atoms with Crippen molar-refractivity contribution in [2.45, 2.75) is 38.8 Å². The molecule has 1 saturated heterocycles. The van der Waals surface area contributed by atoms with Gasteiger partial charge >= 0.3 is 0 Å². The Balaban J connectivity index is 2.19. The fourth-order valence-corrected chi connectivity index (χ4v) is 2.46. The quantitative estimate of drug-likeness (QED) is 0.865. The van der Waals surface area contributed by atoms with Gasteiger partial charge in [-0.25, -0.2) is 0 Å². The van der Waals surface area contributed by atoms with Crippen LogP contribution in [0.2, 0.25) is 0 Å². The maximum absolute atomic E-state index is 12.5. The summed E-state index contributed by atoms with van der Waals surface area (Å²) < 4.78 is 0. The standard InChI is InChI=1S/C14H21N3O2/c1-3-11-9-17(12(4-2)7-16-11)14(19)10-5-13(18)8-15-6-10/h5-6,8,11-12,16,18H,3-4,7,9H2,1-2H3. The summed E-state index contributed by atoms with van der Waals surface area (Å²) in [4.78, 5) is 18.3. The third-order valence-electron chi connectivity index (χ3n) is 3.70. The van der Waals surface area contributed by atoms with Crippen LogP contribution in [0.3, 0.4) is 0 Å². The average Bonchev–Trinajstić information content (AvgIpc) is 2.45. The Bertz CT molecular complexity index is 450. The van der Waals surface area contributed by atoms with E-state index in [-0.39, 0.29) is 17.7 Å². The molecule has 2 heterocycles. The number of hydrogen-bond donors (Lipinski definition) is 2. The van der Waals surface area contributed by atoms with E-state index in [0.29, 0.717) is 18.2 Å². The first-order valence-electron chi connectivity index (χ1n) is 6.84. The summed E-state index contributed by atoms with van der Waals surface area (Å²) in [6.45, 7) is 5.73. The smallest absolute Gasteiger partial charge is 0.255 e. The molecule has 5 heteroatoms. The molecule has 0 aliphatic carbocycles.